The molecule has 1 unspecified atom stereocenters. The number of anilines is 2. The molecule has 1 aromatic heterocycles. The SMILES string of the molecule is CNc1c(N)cnn1CC1CCCO1. The van der Waals surface area contributed by atoms with Crippen molar-refractivity contribution in [3.63, 3.8) is 0 Å². The Labute approximate surface area is 83.2 Å². The molecule has 2 rings (SSSR count). The fourth-order valence-electron chi connectivity index (χ4n) is 1.79. The van der Waals surface area contributed by atoms with Gasteiger partial charge in [-0.15, -0.1) is 0 Å². The lowest BCUT2D eigenvalue weighted by Crippen LogP contribution is -2.17. The zero-order valence-electron chi connectivity index (χ0n) is 8.36. The first-order valence-electron chi connectivity index (χ1n) is 4.92. The van der Waals surface area contributed by atoms with Gasteiger partial charge in [0.2, 0.25) is 0 Å². The van der Waals surface area contributed by atoms with E-state index in [0.29, 0.717) is 11.8 Å². The molecule has 1 aliphatic rings. The van der Waals surface area contributed by atoms with Gasteiger partial charge in [0.05, 0.1) is 24.5 Å². The Morgan fingerprint density at radius 2 is 2.64 bits per heavy atom. The third kappa shape index (κ3) is 1.68. The molecule has 5 nitrogen and oxygen atoms in total. The normalized spacial score (nSPS) is 21.4. The van der Waals surface area contributed by atoms with Crippen LogP contribution in [-0.4, -0.2) is 29.5 Å². The van der Waals surface area contributed by atoms with E-state index in [1.54, 1.807) is 6.20 Å². The second kappa shape index (κ2) is 3.88. The second-order valence-electron chi connectivity index (χ2n) is 3.52. The summed E-state index contributed by atoms with van der Waals surface area (Å²) in [6.07, 6.45) is 4.22. The molecule has 1 atom stereocenters. The summed E-state index contributed by atoms with van der Waals surface area (Å²) in [6.45, 7) is 1.66. The Kier molecular flexibility index (Phi) is 2.58. The predicted molar refractivity (Wildman–Crippen MR) is 55.2 cm³/mol. The molecule has 1 saturated heterocycles. The molecule has 0 bridgehead atoms. The van der Waals surface area contributed by atoms with Gasteiger partial charge in [0.25, 0.3) is 0 Å². The van der Waals surface area contributed by atoms with Gasteiger partial charge in [-0.1, -0.05) is 0 Å². The number of rotatable bonds is 3. The molecule has 1 aromatic rings. The summed E-state index contributed by atoms with van der Waals surface area (Å²) in [5.41, 5.74) is 6.43. The van der Waals surface area contributed by atoms with Gasteiger partial charge in [0.15, 0.2) is 0 Å². The maximum atomic E-state index is 5.74. The average molecular weight is 196 g/mol. The van der Waals surface area contributed by atoms with E-state index < -0.39 is 0 Å². The van der Waals surface area contributed by atoms with Gasteiger partial charge in [-0.3, -0.25) is 0 Å². The van der Waals surface area contributed by atoms with Crippen molar-refractivity contribution in [1.29, 1.82) is 0 Å². The molecule has 5 heteroatoms. The van der Waals surface area contributed by atoms with Crippen LogP contribution in [0.2, 0.25) is 0 Å². The predicted octanol–water partition coefficient (Wildman–Crippen LogP) is 0.686. The van der Waals surface area contributed by atoms with Crippen LogP contribution in [0.5, 0.6) is 0 Å². The summed E-state index contributed by atoms with van der Waals surface area (Å²) in [7, 11) is 1.85. The molecule has 1 fully saturated rings. The van der Waals surface area contributed by atoms with Gasteiger partial charge in [-0.2, -0.15) is 5.10 Å². The lowest BCUT2D eigenvalue weighted by atomic mass is 10.2. The highest BCUT2D eigenvalue weighted by Gasteiger charge is 2.18. The van der Waals surface area contributed by atoms with E-state index in [-0.39, 0.29) is 0 Å². The minimum atomic E-state index is 0.293. The lowest BCUT2D eigenvalue weighted by Gasteiger charge is -2.12. The van der Waals surface area contributed by atoms with Gasteiger partial charge in [-0.05, 0) is 12.8 Å². The van der Waals surface area contributed by atoms with Crippen molar-refractivity contribution in [3.8, 4) is 0 Å². The lowest BCUT2D eigenvalue weighted by molar-refractivity contribution is 0.0945. The third-order valence-electron chi connectivity index (χ3n) is 2.51. The molecule has 3 N–H and O–H groups in total. The van der Waals surface area contributed by atoms with Gasteiger partial charge in [0.1, 0.15) is 5.82 Å². The fourth-order valence-corrected chi connectivity index (χ4v) is 1.79. The molecule has 78 valence electrons. The highest BCUT2D eigenvalue weighted by atomic mass is 16.5. The van der Waals surface area contributed by atoms with Crippen molar-refractivity contribution in [3.05, 3.63) is 6.20 Å². The maximum absolute atomic E-state index is 5.74. The Balaban J connectivity index is 2.07. The van der Waals surface area contributed by atoms with Crippen LogP contribution in [-0.2, 0) is 11.3 Å². The second-order valence-corrected chi connectivity index (χ2v) is 3.52. The van der Waals surface area contributed by atoms with E-state index in [4.69, 9.17) is 10.5 Å². The first-order chi connectivity index (χ1) is 6.81. The minimum absolute atomic E-state index is 0.293. The fraction of sp³-hybridized carbons (Fsp3) is 0.667. The molecule has 2 heterocycles. The van der Waals surface area contributed by atoms with E-state index >= 15 is 0 Å². The number of nitrogens with zero attached hydrogens (tertiary/aromatic N) is 2. The van der Waals surface area contributed by atoms with Crippen LogP contribution >= 0.6 is 0 Å². The van der Waals surface area contributed by atoms with E-state index in [1.807, 2.05) is 11.7 Å². The summed E-state index contributed by atoms with van der Waals surface area (Å²) in [6, 6.07) is 0. The van der Waals surface area contributed by atoms with Gasteiger partial charge in [0, 0.05) is 13.7 Å². The number of nitrogens with two attached hydrogens (primary N) is 1. The summed E-state index contributed by atoms with van der Waals surface area (Å²) in [5.74, 6) is 0.875. The van der Waals surface area contributed by atoms with Crippen LogP contribution in [0.15, 0.2) is 6.20 Å². The van der Waals surface area contributed by atoms with Gasteiger partial charge < -0.3 is 15.8 Å². The Morgan fingerprint density at radius 1 is 1.79 bits per heavy atom. The quantitative estimate of drug-likeness (QED) is 0.746. The van der Waals surface area contributed by atoms with Crippen molar-refractivity contribution in [2.75, 3.05) is 24.7 Å². The Hall–Kier alpha value is -1.23. The number of hydrogen-bond donors (Lipinski definition) is 2. The van der Waals surface area contributed by atoms with Crippen molar-refractivity contribution >= 4 is 11.5 Å². The molecule has 14 heavy (non-hydrogen) atoms. The molecule has 1 aliphatic heterocycles. The van der Waals surface area contributed by atoms with Crippen molar-refractivity contribution in [2.45, 2.75) is 25.5 Å². The van der Waals surface area contributed by atoms with Crippen LogP contribution in [0.3, 0.4) is 0 Å². The van der Waals surface area contributed by atoms with Gasteiger partial charge in [-0.25, -0.2) is 4.68 Å². The minimum Gasteiger partial charge on any atom is -0.394 e. The largest absolute Gasteiger partial charge is 0.394 e. The highest BCUT2D eigenvalue weighted by Crippen LogP contribution is 2.20. The van der Waals surface area contributed by atoms with Crippen molar-refractivity contribution < 1.29 is 4.74 Å². The number of hydrogen-bond acceptors (Lipinski definition) is 4. The first-order valence-corrected chi connectivity index (χ1v) is 4.92. The molecule has 0 aliphatic carbocycles. The maximum Gasteiger partial charge on any atom is 0.147 e. The van der Waals surface area contributed by atoms with Crippen molar-refractivity contribution in [1.82, 2.24) is 9.78 Å². The standard InChI is InChI=1S/C9H16N4O/c1-11-9-8(10)5-12-13(9)6-7-3-2-4-14-7/h5,7,11H,2-4,6,10H2,1H3. The zero-order chi connectivity index (χ0) is 9.97. The summed E-state index contributed by atoms with van der Waals surface area (Å²) in [4.78, 5) is 0. The van der Waals surface area contributed by atoms with Crippen LogP contribution in [0.4, 0.5) is 11.5 Å². The highest BCUT2D eigenvalue weighted by molar-refractivity contribution is 5.60. The van der Waals surface area contributed by atoms with Crippen LogP contribution < -0.4 is 11.1 Å². The Bertz CT molecular complexity index is 304. The first kappa shape index (κ1) is 9.33. The summed E-state index contributed by atoms with van der Waals surface area (Å²) in [5, 5.41) is 7.24. The van der Waals surface area contributed by atoms with Gasteiger partial charge >= 0.3 is 0 Å². The van der Waals surface area contributed by atoms with E-state index in [0.717, 1.165) is 31.8 Å². The zero-order valence-corrected chi connectivity index (χ0v) is 8.36. The Morgan fingerprint density at radius 3 is 3.29 bits per heavy atom. The van der Waals surface area contributed by atoms with E-state index in [1.165, 1.54) is 0 Å². The van der Waals surface area contributed by atoms with Crippen LogP contribution in [0, 0.1) is 0 Å². The van der Waals surface area contributed by atoms with Crippen LogP contribution in [0.25, 0.3) is 0 Å². The summed E-state index contributed by atoms with van der Waals surface area (Å²) >= 11 is 0. The number of aromatic nitrogens is 2. The number of nitrogens with one attached hydrogen (secondary N) is 1. The van der Waals surface area contributed by atoms with Crippen molar-refractivity contribution in [2.24, 2.45) is 0 Å². The van der Waals surface area contributed by atoms with Crippen LogP contribution in [0.1, 0.15) is 12.8 Å². The molecular weight excluding hydrogens is 180 g/mol. The molecule has 0 saturated carbocycles. The summed E-state index contributed by atoms with van der Waals surface area (Å²) < 4.78 is 7.40. The molecule has 0 aromatic carbocycles. The van der Waals surface area contributed by atoms with E-state index in [9.17, 15) is 0 Å². The molecule has 0 radical (unpaired) electrons. The molecule has 0 spiro atoms. The molecule has 0 amide bonds. The van der Waals surface area contributed by atoms with E-state index in [2.05, 4.69) is 10.4 Å². The smallest absolute Gasteiger partial charge is 0.147 e. The molecular formula is C9H16N4O. The number of ether oxygens (including phenoxy) is 1. The third-order valence-corrected chi connectivity index (χ3v) is 2.51. The number of nitrogen functional groups attached to an aromatic ring is 1. The topological polar surface area (TPSA) is 65.1 Å². The average Bonchev–Trinajstić information content (AvgIpc) is 2.77. The monoisotopic (exact) mass is 196 g/mol.